The summed E-state index contributed by atoms with van der Waals surface area (Å²) in [7, 11) is 1.59. The average Bonchev–Trinajstić information content (AvgIpc) is 3.42. The number of phenols is 1. The molecule has 0 unspecified atom stereocenters. The summed E-state index contributed by atoms with van der Waals surface area (Å²) >= 11 is 0. The average molecular weight is 419 g/mol. The van der Waals surface area contributed by atoms with Gasteiger partial charge < -0.3 is 25.9 Å². The number of nitrogens with one attached hydrogen (secondary N) is 1. The number of nitrogens with two attached hydrogens (primary N) is 1. The Morgan fingerprint density at radius 3 is 2.71 bits per heavy atom. The molecule has 1 aliphatic carbocycles. The van der Waals surface area contributed by atoms with Gasteiger partial charge in [0.1, 0.15) is 0 Å². The van der Waals surface area contributed by atoms with Crippen molar-refractivity contribution in [2.45, 2.75) is 31.7 Å². The number of methoxy groups -OCH3 is 1. The van der Waals surface area contributed by atoms with Crippen LogP contribution in [0.4, 0.5) is 5.69 Å². The summed E-state index contributed by atoms with van der Waals surface area (Å²) in [6, 6.07) is 12.4. The van der Waals surface area contributed by atoms with Crippen molar-refractivity contribution in [1.82, 2.24) is 5.43 Å². The van der Waals surface area contributed by atoms with Crippen LogP contribution in [0.15, 0.2) is 48.1 Å². The Bertz CT molecular complexity index is 1050. The Morgan fingerprint density at radius 2 is 2.03 bits per heavy atom. The summed E-state index contributed by atoms with van der Waals surface area (Å²) in [4.78, 5) is 2.38. The van der Waals surface area contributed by atoms with Crippen molar-refractivity contribution in [3.05, 3.63) is 59.7 Å². The van der Waals surface area contributed by atoms with Crippen LogP contribution in [0, 0.1) is 5.41 Å². The molecule has 2 aromatic carbocycles. The van der Waals surface area contributed by atoms with Gasteiger partial charge in [0.2, 0.25) is 0 Å². The SMILES string of the molecule is C=C(C1=NNCC1)c1c(N2CCC3(CC2)Cc2ccccc2[C@H]3N)ccc(O)c1OC. The molecule has 2 aromatic rings. The summed E-state index contributed by atoms with van der Waals surface area (Å²) in [6.07, 6.45) is 3.92. The van der Waals surface area contributed by atoms with Gasteiger partial charge >= 0.3 is 0 Å². The van der Waals surface area contributed by atoms with Crippen LogP contribution >= 0.6 is 0 Å². The monoisotopic (exact) mass is 418 g/mol. The number of allylic oxidation sites excluding steroid dienone is 1. The smallest absolute Gasteiger partial charge is 0.170 e. The predicted octanol–water partition coefficient (Wildman–Crippen LogP) is 3.61. The maximum absolute atomic E-state index is 10.5. The molecule has 0 radical (unpaired) electrons. The Labute approximate surface area is 183 Å². The van der Waals surface area contributed by atoms with Gasteiger partial charge in [-0.2, -0.15) is 5.10 Å². The van der Waals surface area contributed by atoms with Gasteiger partial charge in [0.15, 0.2) is 11.5 Å². The van der Waals surface area contributed by atoms with Crippen LogP contribution in [0.3, 0.4) is 0 Å². The van der Waals surface area contributed by atoms with E-state index in [0.29, 0.717) is 5.75 Å². The molecule has 1 atom stereocenters. The number of hydrazone groups is 1. The van der Waals surface area contributed by atoms with E-state index < -0.39 is 0 Å². The van der Waals surface area contributed by atoms with E-state index in [4.69, 9.17) is 10.5 Å². The highest BCUT2D eigenvalue weighted by Crippen LogP contribution is 2.52. The maximum atomic E-state index is 10.5. The largest absolute Gasteiger partial charge is 0.504 e. The highest BCUT2D eigenvalue weighted by atomic mass is 16.5. The molecule has 1 spiro atoms. The molecule has 0 saturated carbocycles. The third-order valence-electron chi connectivity index (χ3n) is 7.35. The number of aromatic hydroxyl groups is 1. The third-order valence-corrected chi connectivity index (χ3v) is 7.35. The fraction of sp³-hybridized carbons (Fsp3) is 0.400. The minimum atomic E-state index is 0.0913. The number of fused-ring (bicyclic) bond motifs is 1. The Morgan fingerprint density at radius 1 is 1.26 bits per heavy atom. The minimum Gasteiger partial charge on any atom is -0.504 e. The zero-order valence-corrected chi connectivity index (χ0v) is 18.0. The summed E-state index contributed by atoms with van der Waals surface area (Å²) in [5.74, 6) is 0.582. The third kappa shape index (κ3) is 3.17. The van der Waals surface area contributed by atoms with Crippen molar-refractivity contribution in [3.8, 4) is 11.5 Å². The molecule has 4 N–H and O–H groups in total. The molecule has 5 rings (SSSR count). The second-order valence-electron chi connectivity index (χ2n) is 8.91. The first-order chi connectivity index (χ1) is 15.0. The number of hydrogen-bond donors (Lipinski definition) is 3. The minimum absolute atomic E-state index is 0.0913. The number of piperidine rings is 1. The first-order valence-electron chi connectivity index (χ1n) is 11.0. The van der Waals surface area contributed by atoms with Crippen molar-refractivity contribution < 1.29 is 9.84 Å². The van der Waals surface area contributed by atoms with E-state index in [1.165, 1.54) is 11.1 Å². The van der Waals surface area contributed by atoms with Gasteiger partial charge in [-0.25, -0.2) is 0 Å². The van der Waals surface area contributed by atoms with Crippen molar-refractivity contribution >= 4 is 17.0 Å². The number of rotatable bonds is 4. The van der Waals surface area contributed by atoms with Gasteiger partial charge in [0.05, 0.1) is 18.4 Å². The topological polar surface area (TPSA) is 83.1 Å². The second kappa shape index (κ2) is 7.61. The lowest BCUT2D eigenvalue weighted by Gasteiger charge is -2.43. The molecule has 0 aromatic heterocycles. The van der Waals surface area contributed by atoms with Crippen molar-refractivity contribution in [2.24, 2.45) is 16.3 Å². The highest BCUT2D eigenvalue weighted by molar-refractivity contribution is 6.25. The van der Waals surface area contributed by atoms with Crippen molar-refractivity contribution in [3.63, 3.8) is 0 Å². The van der Waals surface area contributed by atoms with E-state index in [2.05, 4.69) is 46.3 Å². The van der Waals surface area contributed by atoms with E-state index in [1.807, 2.05) is 6.07 Å². The molecule has 162 valence electrons. The molecule has 31 heavy (non-hydrogen) atoms. The van der Waals surface area contributed by atoms with E-state index in [9.17, 15) is 5.11 Å². The lowest BCUT2D eigenvalue weighted by atomic mass is 9.73. The lowest BCUT2D eigenvalue weighted by molar-refractivity contribution is 0.187. The summed E-state index contributed by atoms with van der Waals surface area (Å²) < 4.78 is 5.61. The van der Waals surface area contributed by atoms with E-state index in [1.54, 1.807) is 13.2 Å². The van der Waals surface area contributed by atoms with Gasteiger partial charge in [-0.1, -0.05) is 30.8 Å². The van der Waals surface area contributed by atoms with E-state index in [0.717, 1.165) is 67.9 Å². The molecule has 0 amide bonds. The van der Waals surface area contributed by atoms with Gasteiger partial charge in [0, 0.05) is 43.4 Å². The van der Waals surface area contributed by atoms with Crippen LogP contribution in [0.5, 0.6) is 11.5 Å². The maximum Gasteiger partial charge on any atom is 0.170 e. The van der Waals surface area contributed by atoms with E-state index >= 15 is 0 Å². The van der Waals surface area contributed by atoms with Crippen LogP contribution in [-0.4, -0.2) is 37.6 Å². The molecule has 1 fully saturated rings. The number of ether oxygens (including phenoxy) is 1. The normalized spacial score (nSPS) is 21.5. The first-order valence-corrected chi connectivity index (χ1v) is 11.0. The van der Waals surface area contributed by atoms with Crippen LogP contribution in [-0.2, 0) is 6.42 Å². The van der Waals surface area contributed by atoms with Gasteiger partial charge in [-0.3, -0.25) is 0 Å². The van der Waals surface area contributed by atoms with Crippen molar-refractivity contribution in [2.75, 3.05) is 31.6 Å². The van der Waals surface area contributed by atoms with Gasteiger partial charge in [0.25, 0.3) is 0 Å². The fourth-order valence-electron chi connectivity index (χ4n) is 5.57. The van der Waals surface area contributed by atoms with Crippen LogP contribution in [0.25, 0.3) is 5.57 Å². The zero-order chi connectivity index (χ0) is 21.6. The molecule has 6 heteroatoms. The number of benzene rings is 2. The first kappa shape index (κ1) is 19.9. The van der Waals surface area contributed by atoms with Crippen molar-refractivity contribution in [1.29, 1.82) is 0 Å². The number of anilines is 1. The molecule has 1 saturated heterocycles. The molecular formula is C25H30N4O2. The summed E-state index contributed by atoms with van der Waals surface area (Å²) in [5.41, 5.74) is 16.2. The number of phenolic OH excluding ortho intramolecular Hbond substituents is 1. The zero-order valence-electron chi connectivity index (χ0n) is 18.0. The molecule has 6 nitrogen and oxygen atoms in total. The number of nitrogens with zero attached hydrogens (tertiary/aromatic N) is 2. The van der Waals surface area contributed by atoms with Gasteiger partial charge in [-0.15, -0.1) is 0 Å². The molecule has 3 aliphatic rings. The number of hydrogen-bond acceptors (Lipinski definition) is 6. The fourth-order valence-corrected chi connectivity index (χ4v) is 5.57. The standard InChI is InChI=1S/C25H30N4O2/c1-16(19-9-12-27-28-19)22-20(7-8-21(30)23(22)31-2)29-13-10-25(11-14-29)15-17-5-3-4-6-18(17)24(25)26/h3-8,24,27,30H,1,9-15,26H2,2H3/t24-/m1/s1. The highest BCUT2D eigenvalue weighted by Gasteiger charge is 2.46. The van der Waals surface area contributed by atoms with E-state index in [-0.39, 0.29) is 17.2 Å². The molecule has 2 aliphatic heterocycles. The van der Waals surface area contributed by atoms with Crippen LogP contribution in [0.1, 0.15) is 42.0 Å². The molecule has 0 bridgehead atoms. The quantitative estimate of drug-likeness (QED) is 0.707. The van der Waals surface area contributed by atoms with Crippen LogP contribution < -0.4 is 20.8 Å². The van der Waals surface area contributed by atoms with Crippen LogP contribution in [0.2, 0.25) is 0 Å². The second-order valence-corrected chi connectivity index (χ2v) is 8.91. The predicted molar refractivity (Wildman–Crippen MR) is 125 cm³/mol. The summed E-state index contributed by atoms with van der Waals surface area (Å²) in [6.45, 7) is 6.92. The summed E-state index contributed by atoms with van der Waals surface area (Å²) in [5, 5.41) is 14.8. The lowest BCUT2D eigenvalue weighted by Crippen LogP contribution is -2.44. The Hall–Kier alpha value is -2.99. The molecular weight excluding hydrogens is 388 g/mol. The van der Waals surface area contributed by atoms with Gasteiger partial charge in [-0.05, 0) is 47.9 Å². The Balaban J connectivity index is 1.44. The Kier molecular flexibility index (Phi) is 4.89. The molecule has 2 heterocycles.